The lowest BCUT2D eigenvalue weighted by molar-refractivity contribution is 0.518. The molecule has 114 valence electrons. The zero-order valence-corrected chi connectivity index (χ0v) is 12.5. The largest absolute Gasteiger partial charge is 0.420 e. The molecule has 0 aliphatic rings. The number of benzene rings is 2. The average molecular weight is 329 g/mol. The number of rotatable bonds is 2. The summed E-state index contributed by atoms with van der Waals surface area (Å²) in [6.07, 6.45) is 1.66. The van der Waals surface area contributed by atoms with Crippen LogP contribution in [0.3, 0.4) is 0 Å². The van der Waals surface area contributed by atoms with E-state index in [2.05, 4.69) is 4.98 Å². The van der Waals surface area contributed by atoms with Crippen LogP contribution < -0.4 is 5.76 Å². The van der Waals surface area contributed by atoms with Gasteiger partial charge in [-0.1, -0.05) is 17.7 Å². The van der Waals surface area contributed by atoms with Gasteiger partial charge in [0.15, 0.2) is 5.58 Å². The smallest absolute Gasteiger partial charge is 0.408 e. The first-order valence-electron chi connectivity index (χ1n) is 6.94. The molecule has 0 saturated heterocycles. The van der Waals surface area contributed by atoms with Crippen molar-refractivity contribution < 1.29 is 8.81 Å². The standard InChI is InChI=1S/C17H10ClFN2O2/c18-13-5-3-10(16-12(13)2-1-7-20-16)9-21-14-8-11(19)4-6-15(14)23-17(21)22/h1-8H,9H2. The number of pyridine rings is 1. The molecule has 6 heteroatoms. The van der Waals surface area contributed by atoms with Gasteiger partial charge in [0, 0.05) is 22.7 Å². The van der Waals surface area contributed by atoms with Crippen molar-refractivity contribution in [3.05, 3.63) is 75.6 Å². The number of hydrogen-bond donors (Lipinski definition) is 0. The Morgan fingerprint density at radius 3 is 2.96 bits per heavy atom. The first-order valence-corrected chi connectivity index (χ1v) is 7.32. The van der Waals surface area contributed by atoms with E-state index in [1.54, 1.807) is 18.3 Å². The van der Waals surface area contributed by atoms with Crippen LogP contribution >= 0.6 is 11.6 Å². The van der Waals surface area contributed by atoms with Gasteiger partial charge in [-0.15, -0.1) is 0 Å². The normalized spacial score (nSPS) is 11.4. The Hall–Kier alpha value is -2.66. The van der Waals surface area contributed by atoms with Gasteiger partial charge in [-0.25, -0.2) is 9.18 Å². The molecule has 0 N–H and O–H groups in total. The van der Waals surface area contributed by atoms with E-state index >= 15 is 0 Å². The topological polar surface area (TPSA) is 48.0 Å². The lowest BCUT2D eigenvalue weighted by Crippen LogP contribution is -2.15. The summed E-state index contributed by atoms with van der Waals surface area (Å²) in [6, 6.07) is 11.2. The van der Waals surface area contributed by atoms with Crippen LogP contribution in [0.25, 0.3) is 22.0 Å². The minimum atomic E-state index is -0.537. The Morgan fingerprint density at radius 2 is 2.09 bits per heavy atom. The Morgan fingerprint density at radius 1 is 1.22 bits per heavy atom. The molecule has 2 heterocycles. The maximum Gasteiger partial charge on any atom is 0.420 e. The van der Waals surface area contributed by atoms with Gasteiger partial charge in [0.2, 0.25) is 0 Å². The van der Waals surface area contributed by atoms with E-state index in [4.69, 9.17) is 16.0 Å². The molecule has 0 fully saturated rings. The van der Waals surface area contributed by atoms with Crippen molar-refractivity contribution in [1.29, 1.82) is 0 Å². The molecule has 0 spiro atoms. The molecule has 23 heavy (non-hydrogen) atoms. The van der Waals surface area contributed by atoms with Crippen LogP contribution in [0.1, 0.15) is 5.56 Å². The fourth-order valence-electron chi connectivity index (χ4n) is 2.68. The quantitative estimate of drug-likeness (QED) is 0.559. The van der Waals surface area contributed by atoms with E-state index in [-0.39, 0.29) is 6.54 Å². The average Bonchev–Trinajstić information content (AvgIpc) is 2.86. The van der Waals surface area contributed by atoms with Crippen LogP contribution in [0, 0.1) is 5.82 Å². The van der Waals surface area contributed by atoms with Crippen molar-refractivity contribution in [2.75, 3.05) is 0 Å². The van der Waals surface area contributed by atoms with Crippen molar-refractivity contribution in [2.45, 2.75) is 6.54 Å². The van der Waals surface area contributed by atoms with Crippen LogP contribution in [0.2, 0.25) is 5.02 Å². The molecule has 0 bridgehead atoms. The molecule has 4 rings (SSSR count). The maximum atomic E-state index is 13.5. The van der Waals surface area contributed by atoms with Crippen LogP contribution in [-0.2, 0) is 6.54 Å². The second-order valence-electron chi connectivity index (χ2n) is 5.17. The third kappa shape index (κ3) is 2.29. The highest BCUT2D eigenvalue weighted by Crippen LogP contribution is 2.26. The fourth-order valence-corrected chi connectivity index (χ4v) is 2.89. The third-order valence-electron chi connectivity index (χ3n) is 3.76. The molecule has 0 saturated carbocycles. The van der Waals surface area contributed by atoms with Crippen molar-refractivity contribution in [3.63, 3.8) is 0 Å². The maximum absolute atomic E-state index is 13.5. The molecule has 2 aromatic carbocycles. The summed E-state index contributed by atoms with van der Waals surface area (Å²) in [5.41, 5.74) is 2.27. The van der Waals surface area contributed by atoms with E-state index in [1.807, 2.05) is 12.1 Å². The SMILES string of the molecule is O=c1oc2ccc(F)cc2n1Cc1ccc(Cl)c2cccnc12. The van der Waals surface area contributed by atoms with Crippen molar-refractivity contribution in [2.24, 2.45) is 0 Å². The monoisotopic (exact) mass is 328 g/mol. The second kappa shape index (κ2) is 5.21. The molecule has 4 aromatic rings. The van der Waals surface area contributed by atoms with E-state index in [0.717, 1.165) is 10.9 Å². The molecular formula is C17H10ClFN2O2. The molecule has 0 aliphatic carbocycles. The van der Waals surface area contributed by atoms with Crippen molar-refractivity contribution >= 4 is 33.6 Å². The number of fused-ring (bicyclic) bond motifs is 2. The van der Waals surface area contributed by atoms with Gasteiger partial charge in [0.05, 0.1) is 17.6 Å². The lowest BCUT2D eigenvalue weighted by Gasteiger charge is -2.07. The molecule has 4 nitrogen and oxygen atoms in total. The predicted octanol–water partition coefficient (Wildman–Crippen LogP) is 3.98. The predicted molar refractivity (Wildman–Crippen MR) is 86.3 cm³/mol. The second-order valence-corrected chi connectivity index (χ2v) is 5.58. The highest BCUT2D eigenvalue weighted by molar-refractivity contribution is 6.35. The number of oxazole rings is 1. The van der Waals surface area contributed by atoms with Gasteiger partial charge in [-0.2, -0.15) is 0 Å². The highest BCUT2D eigenvalue weighted by atomic mass is 35.5. The lowest BCUT2D eigenvalue weighted by atomic mass is 10.1. The van der Waals surface area contributed by atoms with E-state index in [9.17, 15) is 9.18 Å². The molecule has 2 aromatic heterocycles. The molecule has 0 radical (unpaired) electrons. The van der Waals surface area contributed by atoms with Crippen molar-refractivity contribution in [1.82, 2.24) is 9.55 Å². The van der Waals surface area contributed by atoms with E-state index in [0.29, 0.717) is 21.6 Å². The minimum absolute atomic E-state index is 0.222. The molecule has 0 atom stereocenters. The Bertz CT molecular complexity index is 1100. The van der Waals surface area contributed by atoms with Crippen LogP contribution in [0.4, 0.5) is 4.39 Å². The minimum Gasteiger partial charge on any atom is -0.408 e. The van der Waals surface area contributed by atoms with Gasteiger partial charge in [-0.05, 0) is 35.9 Å². The Balaban J connectivity index is 1.92. The molecule has 0 amide bonds. The van der Waals surface area contributed by atoms with Crippen molar-refractivity contribution in [3.8, 4) is 0 Å². The Labute approximate surface area is 134 Å². The van der Waals surface area contributed by atoms with Crippen LogP contribution in [0.15, 0.2) is 57.9 Å². The summed E-state index contributed by atoms with van der Waals surface area (Å²) in [6.45, 7) is 0.222. The van der Waals surface area contributed by atoms with Gasteiger partial charge in [0.1, 0.15) is 5.82 Å². The molecule has 0 unspecified atom stereocenters. The number of hydrogen-bond acceptors (Lipinski definition) is 3. The highest BCUT2D eigenvalue weighted by Gasteiger charge is 2.13. The molecular weight excluding hydrogens is 319 g/mol. The summed E-state index contributed by atoms with van der Waals surface area (Å²) < 4.78 is 20.0. The zero-order valence-electron chi connectivity index (χ0n) is 11.8. The van der Waals surface area contributed by atoms with Gasteiger partial charge in [0.25, 0.3) is 0 Å². The summed E-state index contributed by atoms with van der Waals surface area (Å²) >= 11 is 6.18. The zero-order chi connectivity index (χ0) is 16.0. The summed E-state index contributed by atoms with van der Waals surface area (Å²) in [4.78, 5) is 16.4. The first kappa shape index (κ1) is 14.0. The van der Waals surface area contributed by atoms with E-state index < -0.39 is 11.6 Å². The summed E-state index contributed by atoms with van der Waals surface area (Å²) in [5.74, 6) is -0.962. The third-order valence-corrected chi connectivity index (χ3v) is 4.09. The fraction of sp³-hybridized carbons (Fsp3) is 0.0588. The van der Waals surface area contributed by atoms with Gasteiger partial charge < -0.3 is 4.42 Å². The van der Waals surface area contributed by atoms with Gasteiger partial charge in [-0.3, -0.25) is 9.55 Å². The number of nitrogens with zero attached hydrogens (tertiary/aromatic N) is 2. The summed E-state index contributed by atoms with van der Waals surface area (Å²) in [7, 11) is 0. The van der Waals surface area contributed by atoms with Gasteiger partial charge >= 0.3 is 5.76 Å². The first-order chi connectivity index (χ1) is 11.1. The molecule has 0 aliphatic heterocycles. The number of halogens is 2. The van der Waals surface area contributed by atoms with Crippen LogP contribution in [0.5, 0.6) is 0 Å². The Kier molecular flexibility index (Phi) is 3.16. The number of aromatic nitrogens is 2. The summed E-state index contributed by atoms with van der Waals surface area (Å²) in [5, 5.41) is 1.39. The van der Waals surface area contributed by atoms with Crippen LogP contribution in [-0.4, -0.2) is 9.55 Å². The van der Waals surface area contributed by atoms with E-state index in [1.165, 1.54) is 22.8 Å².